The number of hydrogen-bond acceptors (Lipinski definition) is 3. The molecule has 1 aliphatic heterocycles. The Kier molecular flexibility index (Phi) is 4.09. The fraction of sp³-hybridized carbons (Fsp3) is 0.105. The van der Waals surface area contributed by atoms with Crippen LogP contribution in [0.3, 0.4) is 0 Å². The number of rotatable bonds is 4. The van der Waals surface area contributed by atoms with Crippen LogP contribution in [0, 0.1) is 5.82 Å². The number of amides is 1. The molecule has 0 aromatic heterocycles. The highest BCUT2D eigenvalue weighted by atomic mass is 35.5. The van der Waals surface area contributed by atoms with Crippen LogP contribution in [0.5, 0.6) is 0 Å². The van der Waals surface area contributed by atoms with Crippen LogP contribution in [0.4, 0.5) is 15.8 Å². The van der Waals surface area contributed by atoms with Crippen molar-refractivity contribution >= 4 is 49.7 Å². The van der Waals surface area contributed by atoms with E-state index in [1.807, 2.05) is 6.92 Å². The van der Waals surface area contributed by atoms with Crippen LogP contribution in [0.25, 0.3) is 10.8 Å². The number of anilines is 2. The molecule has 0 unspecified atom stereocenters. The highest BCUT2D eigenvalue weighted by molar-refractivity contribution is 7.92. The SMILES string of the molecule is CCN1C(=O)c2cccc3c(NS(=O)(=O)c4ccc(F)cc4Cl)ccc1c23. The Hall–Kier alpha value is -2.64. The zero-order chi connectivity index (χ0) is 19.3. The third-order valence-electron chi connectivity index (χ3n) is 4.53. The van der Waals surface area contributed by atoms with E-state index in [0.29, 0.717) is 28.6 Å². The van der Waals surface area contributed by atoms with E-state index in [2.05, 4.69) is 4.72 Å². The van der Waals surface area contributed by atoms with E-state index in [0.717, 1.165) is 23.9 Å². The predicted molar refractivity (Wildman–Crippen MR) is 104 cm³/mol. The lowest BCUT2D eigenvalue weighted by atomic mass is 10.0. The number of hydrogen-bond donors (Lipinski definition) is 1. The van der Waals surface area contributed by atoms with Gasteiger partial charge in [-0.3, -0.25) is 9.52 Å². The van der Waals surface area contributed by atoms with Gasteiger partial charge in [0.15, 0.2) is 0 Å². The number of nitrogens with zero attached hydrogens (tertiary/aromatic N) is 1. The minimum atomic E-state index is -4.04. The molecule has 1 N–H and O–H groups in total. The fourth-order valence-electron chi connectivity index (χ4n) is 3.34. The van der Waals surface area contributed by atoms with Crippen molar-refractivity contribution < 1.29 is 17.6 Å². The first-order chi connectivity index (χ1) is 12.8. The van der Waals surface area contributed by atoms with Gasteiger partial charge in [-0.05, 0) is 43.3 Å². The van der Waals surface area contributed by atoms with Gasteiger partial charge in [0.05, 0.1) is 16.4 Å². The molecule has 5 nitrogen and oxygen atoms in total. The molecule has 0 aliphatic carbocycles. The van der Waals surface area contributed by atoms with E-state index in [4.69, 9.17) is 11.6 Å². The van der Waals surface area contributed by atoms with Crippen LogP contribution in [-0.4, -0.2) is 20.9 Å². The molecule has 0 atom stereocenters. The van der Waals surface area contributed by atoms with Crippen molar-refractivity contribution in [1.29, 1.82) is 0 Å². The molecule has 3 aromatic carbocycles. The van der Waals surface area contributed by atoms with E-state index in [9.17, 15) is 17.6 Å². The summed E-state index contributed by atoms with van der Waals surface area (Å²) in [5, 5.41) is 1.10. The molecule has 0 fully saturated rings. The molecule has 27 heavy (non-hydrogen) atoms. The molecular weight excluding hydrogens is 391 g/mol. The Labute approximate surface area is 160 Å². The molecule has 8 heteroatoms. The fourth-order valence-corrected chi connectivity index (χ4v) is 4.95. The molecule has 1 amide bonds. The van der Waals surface area contributed by atoms with Crippen molar-refractivity contribution in [1.82, 2.24) is 0 Å². The summed E-state index contributed by atoms with van der Waals surface area (Å²) in [6, 6.07) is 11.6. The summed E-state index contributed by atoms with van der Waals surface area (Å²) in [6.45, 7) is 2.39. The summed E-state index contributed by atoms with van der Waals surface area (Å²) >= 11 is 5.91. The molecule has 4 rings (SSSR count). The number of benzene rings is 3. The number of sulfonamides is 1. The van der Waals surface area contributed by atoms with Crippen LogP contribution in [0.15, 0.2) is 53.4 Å². The molecule has 3 aromatic rings. The van der Waals surface area contributed by atoms with Gasteiger partial charge >= 0.3 is 0 Å². The third kappa shape index (κ3) is 2.74. The zero-order valence-corrected chi connectivity index (χ0v) is 15.7. The first-order valence-electron chi connectivity index (χ1n) is 8.19. The Bertz CT molecular complexity index is 1210. The highest BCUT2D eigenvalue weighted by Crippen LogP contribution is 2.41. The Balaban J connectivity index is 1.85. The molecule has 1 heterocycles. The van der Waals surface area contributed by atoms with Gasteiger partial charge in [-0.25, -0.2) is 12.8 Å². The third-order valence-corrected chi connectivity index (χ3v) is 6.38. The lowest BCUT2D eigenvalue weighted by Gasteiger charge is -2.16. The predicted octanol–water partition coefficient (Wildman–Crippen LogP) is 4.41. The van der Waals surface area contributed by atoms with Crippen molar-refractivity contribution in [3.63, 3.8) is 0 Å². The van der Waals surface area contributed by atoms with Gasteiger partial charge in [0.1, 0.15) is 10.7 Å². The number of carbonyl (C=O) groups excluding carboxylic acids is 1. The minimum absolute atomic E-state index is 0.111. The van der Waals surface area contributed by atoms with Crippen LogP contribution in [-0.2, 0) is 10.0 Å². The molecule has 0 spiro atoms. The lowest BCUT2D eigenvalue weighted by Crippen LogP contribution is -2.25. The molecular formula is C19H14ClFN2O3S. The standard InChI is InChI=1S/C19H14ClFN2O3S/c1-2-23-16-8-7-15(12-4-3-5-13(18(12)16)19(23)24)22-27(25,26)17-9-6-11(21)10-14(17)20/h3-10,22H,2H2,1H3. The smallest absolute Gasteiger partial charge is 0.263 e. The number of nitrogens with one attached hydrogen (secondary N) is 1. The van der Waals surface area contributed by atoms with E-state index >= 15 is 0 Å². The monoisotopic (exact) mass is 404 g/mol. The van der Waals surface area contributed by atoms with E-state index < -0.39 is 15.8 Å². The quantitative estimate of drug-likeness (QED) is 0.700. The summed E-state index contributed by atoms with van der Waals surface area (Å²) in [6.07, 6.45) is 0. The van der Waals surface area contributed by atoms with Gasteiger partial charge in [0, 0.05) is 22.9 Å². The van der Waals surface area contributed by atoms with Gasteiger partial charge in [-0.1, -0.05) is 23.7 Å². The summed E-state index contributed by atoms with van der Waals surface area (Å²) < 4.78 is 41.2. The van der Waals surface area contributed by atoms with Gasteiger partial charge in [0.2, 0.25) is 0 Å². The maximum absolute atomic E-state index is 13.2. The first-order valence-corrected chi connectivity index (χ1v) is 10.0. The molecule has 0 saturated heterocycles. The van der Waals surface area contributed by atoms with Gasteiger partial charge in [0.25, 0.3) is 15.9 Å². The normalized spacial score (nSPS) is 13.4. The Morgan fingerprint density at radius 3 is 2.63 bits per heavy atom. The second-order valence-corrected chi connectivity index (χ2v) is 8.15. The Morgan fingerprint density at radius 1 is 1.15 bits per heavy atom. The van der Waals surface area contributed by atoms with Gasteiger partial charge < -0.3 is 4.90 Å². The van der Waals surface area contributed by atoms with Crippen molar-refractivity contribution in [3.05, 3.63) is 64.9 Å². The van der Waals surface area contributed by atoms with Crippen LogP contribution < -0.4 is 9.62 Å². The molecule has 0 bridgehead atoms. The van der Waals surface area contributed by atoms with Crippen molar-refractivity contribution in [2.24, 2.45) is 0 Å². The maximum Gasteiger partial charge on any atom is 0.263 e. The van der Waals surface area contributed by atoms with E-state index in [1.54, 1.807) is 35.2 Å². The van der Waals surface area contributed by atoms with Crippen molar-refractivity contribution in [2.45, 2.75) is 11.8 Å². The van der Waals surface area contributed by atoms with Crippen molar-refractivity contribution in [2.75, 3.05) is 16.2 Å². The highest BCUT2D eigenvalue weighted by Gasteiger charge is 2.30. The molecule has 0 saturated carbocycles. The average Bonchev–Trinajstić information content (AvgIpc) is 2.90. The topological polar surface area (TPSA) is 66.5 Å². The summed E-state index contributed by atoms with van der Waals surface area (Å²) in [7, 11) is -4.04. The van der Waals surface area contributed by atoms with Crippen LogP contribution >= 0.6 is 11.6 Å². The summed E-state index contributed by atoms with van der Waals surface area (Å²) in [4.78, 5) is 14.0. The second-order valence-electron chi connectivity index (χ2n) is 6.09. The van der Waals surface area contributed by atoms with Crippen molar-refractivity contribution in [3.8, 4) is 0 Å². The minimum Gasteiger partial charge on any atom is -0.308 e. The van der Waals surface area contributed by atoms with Gasteiger partial charge in [-0.15, -0.1) is 0 Å². The van der Waals surface area contributed by atoms with Gasteiger partial charge in [-0.2, -0.15) is 0 Å². The molecule has 0 radical (unpaired) electrons. The van der Waals surface area contributed by atoms with Crippen LogP contribution in [0.2, 0.25) is 5.02 Å². The number of halogens is 2. The summed E-state index contributed by atoms with van der Waals surface area (Å²) in [5.74, 6) is -0.734. The largest absolute Gasteiger partial charge is 0.308 e. The van der Waals surface area contributed by atoms with E-state index in [-0.39, 0.29) is 15.8 Å². The van der Waals surface area contributed by atoms with E-state index in [1.165, 1.54) is 0 Å². The maximum atomic E-state index is 13.2. The Morgan fingerprint density at radius 2 is 1.93 bits per heavy atom. The average molecular weight is 405 g/mol. The van der Waals surface area contributed by atoms with Crippen LogP contribution in [0.1, 0.15) is 17.3 Å². The zero-order valence-electron chi connectivity index (χ0n) is 14.2. The second kappa shape index (κ2) is 6.21. The lowest BCUT2D eigenvalue weighted by molar-refractivity contribution is 0.0994. The number of carbonyl (C=O) groups is 1. The molecule has 138 valence electrons. The molecule has 1 aliphatic rings. The summed E-state index contributed by atoms with van der Waals surface area (Å²) in [5.41, 5.74) is 1.60. The first kappa shape index (κ1) is 17.8.